The van der Waals surface area contributed by atoms with Gasteiger partial charge in [-0.1, -0.05) is 89.2 Å². The Morgan fingerprint density at radius 1 is 0.939 bits per heavy atom. The predicted octanol–water partition coefficient (Wildman–Crippen LogP) is 8.05. The molecule has 5 nitrogen and oxygen atoms in total. The number of halogens is 5. The summed E-state index contributed by atoms with van der Waals surface area (Å²) >= 11 is 31.4. The van der Waals surface area contributed by atoms with Gasteiger partial charge in [-0.15, -0.1) is 11.3 Å². The highest BCUT2D eigenvalue weighted by atomic mass is 35.5. The number of ether oxygens (including phenoxy) is 2. The molecule has 33 heavy (non-hydrogen) atoms. The number of benzene rings is 2. The van der Waals surface area contributed by atoms with Gasteiger partial charge in [0.25, 0.3) is 5.91 Å². The van der Waals surface area contributed by atoms with Crippen molar-refractivity contribution in [3.05, 3.63) is 65.9 Å². The fourth-order valence-electron chi connectivity index (χ4n) is 2.90. The quantitative estimate of drug-likeness (QED) is 0.178. The van der Waals surface area contributed by atoms with Crippen LogP contribution in [0.3, 0.4) is 0 Å². The Kier molecular flexibility index (Phi) is 8.78. The third kappa shape index (κ3) is 5.53. The zero-order valence-corrected chi connectivity index (χ0v) is 21.8. The number of esters is 1. The van der Waals surface area contributed by atoms with Crippen LogP contribution in [0, 0.1) is 0 Å². The van der Waals surface area contributed by atoms with E-state index in [1.165, 1.54) is 24.0 Å². The van der Waals surface area contributed by atoms with E-state index in [0.717, 1.165) is 12.0 Å². The number of aryl methyl sites for hydroxylation is 1. The van der Waals surface area contributed by atoms with Crippen molar-refractivity contribution in [1.82, 2.24) is 0 Å². The molecule has 1 heterocycles. The van der Waals surface area contributed by atoms with E-state index in [0.29, 0.717) is 10.6 Å². The molecule has 174 valence electrons. The van der Waals surface area contributed by atoms with E-state index < -0.39 is 18.5 Å². The molecule has 0 aliphatic rings. The lowest BCUT2D eigenvalue weighted by Crippen LogP contribution is -2.21. The van der Waals surface area contributed by atoms with Crippen LogP contribution in [0.15, 0.2) is 29.6 Å². The molecule has 0 saturated heterocycles. The summed E-state index contributed by atoms with van der Waals surface area (Å²) in [4.78, 5) is 25.1. The molecule has 0 atom stereocenters. The Morgan fingerprint density at radius 2 is 1.52 bits per heavy atom. The van der Waals surface area contributed by atoms with Crippen LogP contribution in [0.5, 0.6) is 5.75 Å². The number of nitrogens with one attached hydrogen (secondary N) is 1. The molecular formula is C22H16Cl5NO4S. The van der Waals surface area contributed by atoms with E-state index in [4.69, 9.17) is 67.5 Å². The third-order valence-corrected chi connectivity index (χ3v) is 7.76. The summed E-state index contributed by atoms with van der Waals surface area (Å²) in [6.45, 7) is 1.58. The van der Waals surface area contributed by atoms with Gasteiger partial charge >= 0.3 is 5.97 Å². The standard InChI is InChI=1S/C22H16Cl5NO4S/c1-3-10-4-6-11(7-5-10)12-9-33-21(14(12)22(30)31-2)28-13(29)8-32-20-18(26)16(24)15(23)17(25)19(20)27/h4-7,9H,3,8H2,1-2H3,(H,28,29). The molecule has 0 saturated carbocycles. The van der Waals surface area contributed by atoms with Crippen molar-refractivity contribution in [2.45, 2.75) is 13.3 Å². The number of anilines is 1. The normalized spacial score (nSPS) is 10.8. The van der Waals surface area contributed by atoms with Crippen LogP contribution in [-0.4, -0.2) is 25.6 Å². The van der Waals surface area contributed by atoms with Gasteiger partial charge < -0.3 is 14.8 Å². The Hall–Kier alpha value is -1.67. The lowest BCUT2D eigenvalue weighted by atomic mass is 10.0. The minimum absolute atomic E-state index is 0.0223. The Labute approximate surface area is 219 Å². The van der Waals surface area contributed by atoms with Crippen molar-refractivity contribution < 1.29 is 19.1 Å². The molecule has 2 aromatic carbocycles. The molecule has 0 aliphatic carbocycles. The van der Waals surface area contributed by atoms with Crippen LogP contribution in [0.4, 0.5) is 5.00 Å². The van der Waals surface area contributed by atoms with Crippen LogP contribution in [0.1, 0.15) is 22.8 Å². The molecule has 0 fully saturated rings. The van der Waals surface area contributed by atoms with Crippen molar-refractivity contribution in [3.63, 3.8) is 0 Å². The van der Waals surface area contributed by atoms with E-state index in [-0.39, 0.29) is 36.4 Å². The van der Waals surface area contributed by atoms with E-state index >= 15 is 0 Å². The molecule has 1 N–H and O–H groups in total. The van der Waals surface area contributed by atoms with E-state index in [9.17, 15) is 9.59 Å². The summed E-state index contributed by atoms with van der Waals surface area (Å²) in [5, 5.41) is 4.48. The molecular weight excluding hydrogens is 552 g/mol. The summed E-state index contributed by atoms with van der Waals surface area (Å²) in [7, 11) is 1.27. The zero-order chi connectivity index (χ0) is 24.3. The van der Waals surface area contributed by atoms with Crippen molar-refractivity contribution >= 4 is 86.2 Å². The van der Waals surface area contributed by atoms with Crippen LogP contribution in [-0.2, 0) is 16.0 Å². The molecule has 1 amide bonds. The molecule has 3 aromatic rings. The van der Waals surface area contributed by atoms with E-state index in [1.54, 1.807) is 5.38 Å². The van der Waals surface area contributed by atoms with Gasteiger partial charge in [0.15, 0.2) is 12.4 Å². The lowest BCUT2D eigenvalue weighted by Gasteiger charge is -2.13. The number of hydrogen-bond acceptors (Lipinski definition) is 5. The van der Waals surface area contributed by atoms with Crippen molar-refractivity contribution in [1.29, 1.82) is 0 Å². The molecule has 1 aromatic heterocycles. The van der Waals surface area contributed by atoms with Gasteiger partial charge in [0.05, 0.1) is 22.2 Å². The summed E-state index contributed by atoms with van der Waals surface area (Å²) in [5.74, 6) is -1.22. The number of amides is 1. The zero-order valence-electron chi connectivity index (χ0n) is 17.2. The average molecular weight is 568 g/mol. The highest BCUT2D eigenvalue weighted by Crippen LogP contribution is 2.48. The molecule has 0 aliphatic heterocycles. The first-order valence-electron chi connectivity index (χ1n) is 9.42. The van der Waals surface area contributed by atoms with Crippen molar-refractivity contribution in [2.75, 3.05) is 19.0 Å². The second kappa shape index (κ2) is 11.2. The molecule has 0 radical (unpaired) electrons. The number of carbonyl (C=O) groups excluding carboxylic acids is 2. The van der Waals surface area contributed by atoms with Gasteiger partial charge in [-0.25, -0.2) is 4.79 Å². The largest absolute Gasteiger partial charge is 0.481 e. The Balaban J connectivity index is 1.83. The Morgan fingerprint density at radius 3 is 2.06 bits per heavy atom. The minimum Gasteiger partial charge on any atom is -0.481 e. The van der Waals surface area contributed by atoms with E-state index in [1.807, 2.05) is 24.3 Å². The summed E-state index contributed by atoms with van der Waals surface area (Å²) in [6.07, 6.45) is 0.896. The predicted molar refractivity (Wildman–Crippen MR) is 136 cm³/mol. The fraction of sp³-hybridized carbons (Fsp3) is 0.182. The number of hydrogen-bond donors (Lipinski definition) is 1. The molecule has 0 spiro atoms. The van der Waals surface area contributed by atoms with Crippen LogP contribution in [0.25, 0.3) is 11.1 Å². The molecule has 11 heteroatoms. The monoisotopic (exact) mass is 565 g/mol. The first-order valence-corrected chi connectivity index (χ1v) is 12.2. The molecule has 0 bridgehead atoms. The summed E-state index contributed by atoms with van der Waals surface area (Å²) < 4.78 is 10.4. The topological polar surface area (TPSA) is 64.6 Å². The summed E-state index contributed by atoms with van der Waals surface area (Å²) in [6, 6.07) is 7.80. The Bertz CT molecular complexity index is 1180. The maximum absolute atomic E-state index is 12.6. The van der Waals surface area contributed by atoms with Crippen LogP contribution in [0.2, 0.25) is 25.1 Å². The molecule has 0 unspecified atom stereocenters. The summed E-state index contributed by atoms with van der Waals surface area (Å²) in [5.41, 5.74) is 2.88. The number of rotatable bonds is 7. The smallest absolute Gasteiger partial charge is 0.341 e. The van der Waals surface area contributed by atoms with Crippen molar-refractivity contribution in [3.8, 4) is 16.9 Å². The second-order valence-electron chi connectivity index (χ2n) is 6.63. The maximum Gasteiger partial charge on any atom is 0.341 e. The maximum atomic E-state index is 12.6. The van der Waals surface area contributed by atoms with Gasteiger partial charge in [-0.05, 0) is 17.5 Å². The first-order chi connectivity index (χ1) is 15.7. The second-order valence-corrected chi connectivity index (χ2v) is 9.40. The fourth-order valence-corrected chi connectivity index (χ4v) is 5.10. The van der Waals surface area contributed by atoms with E-state index in [2.05, 4.69) is 12.2 Å². The highest BCUT2D eigenvalue weighted by molar-refractivity contribution is 7.15. The van der Waals surface area contributed by atoms with Crippen LogP contribution >= 0.6 is 69.3 Å². The lowest BCUT2D eigenvalue weighted by molar-refractivity contribution is -0.118. The van der Waals surface area contributed by atoms with Gasteiger partial charge in [0.2, 0.25) is 0 Å². The van der Waals surface area contributed by atoms with Gasteiger partial charge in [-0.3, -0.25) is 4.79 Å². The molecule has 3 rings (SSSR count). The van der Waals surface area contributed by atoms with Crippen molar-refractivity contribution in [2.24, 2.45) is 0 Å². The highest BCUT2D eigenvalue weighted by Gasteiger charge is 2.24. The van der Waals surface area contributed by atoms with Gasteiger partial charge in [-0.2, -0.15) is 0 Å². The average Bonchev–Trinajstić information content (AvgIpc) is 3.24. The number of carbonyl (C=O) groups is 2. The third-order valence-electron chi connectivity index (χ3n) is 4.62. The number of thiophene rings is 1. The van der Waals surface area contributed by atoms with Gasteiger partial charge in [0, 0.05) is 10.9 Å². The van der Waals surface area contributed by atoms with Gasteiger partial charge in [0.1, 0.15) is 20.6 Å². The first kappa shape index (κ1) is 25.9. The van der Waals surface area contributed by atoms with Crippen LogP contribution < -0.4 is 10.1 Å². The SMILES string of the molecule is CCc1ccc(-c2csc(NC(=O)COc3c(Cl)c(Cl)c(Cl)c(Cl)c3Cl)c2C(=O)OC)cc1. The minimum atomic E-state index is -0.579. The number of methoxy groups -OCH3 is 1.